The van der Waals surface area contributed by atoms with Crippen LogP contribution in [-0.2, 0) is 19.5 Å². The van der Waals surface area contributed by atoms with Gasteiger partial charge in [0.2, 0.25) is 0 Å². The lowest BCUT2D eigenvalue weighted by atomic mass is 10.2. The Kier molecular flexibility index (Phi) is 10.3. The lowest BCUT2D eigenvalue weighted by Gasteiger charge is -2.15. The number of nitrogens with one attached hydrogen (secondary N) is 2. The quantitative estimate of drug-likeness (QED) is 0.176. The van der Waals surface area contributed by atoms with Crippen molar-refractivity contribution in [3.05, 3.63) is 48.3 Å². The molecule has 0 unspecified atom stereocenters. The zero-order chi connectivity index (χ0) is 21.8. The summed E-state index contributed by atoms with van der Waals surface area (Å²) < 4.78 is 7.95. The summed E-state index contributed by atoms with van der Waals surface area (Å²) in [5.74, 6) is 3.23. The van der Waals surface area contributed by atoms with Crippen LogP contribution in [0.2, 0.25) is 0 Å². The zero-order valence-electron chi connectivity index (χ0n) is 18.5. The van der Waals surface area contributed by atoms with Crippen LogP contribution in [0, 0.1) is 5.92 Å². The number of nitrogens with zero attached hydrogens (tertiary/aromatic N) is 4. The Balaban J connectivity index is 1.82. The molecule has 1 aromatic heterocycles. The molecular weight excluding hydrogens is 396 g/mol. The van der Waals surface area contributed by atoms with E-state index in [1.54, 1.807) is 24.9 Å². The maximum Gasteiger partial charge on any atom is 0.191 e. The van der Waals surface area contributed by atoms with Gasteiger partial charge in [0, 0.05) is 38.7 Å². The fourth-order valence-electron chi connectivity index (χ4n) is 3.00. The Morgan fingerprint density at radius 3 is 2.80 bits per heavy atom. The van der Waals surface area contributed by atoms with Crippen LogP contribution < -0.4 is 15.4 Å². The minimum Gasteiger partial charge on any atom is -0.489 e. The van der Waals surface area contributed by atoms with Gasteiger partial charge < -0.3 is 19.9 Å². The second-order valence-electron chi connectivity index (χ2n) is 7.27. The maximum atomic E-state index is 5.71. The lowest BCUT2D eigenvalue weighted by molar-refractivity contribution is 0.358. The predicted molar refractivity (Wildman–Crippen MR) is 125 cm³/mol. The summed E-state index contributed by atoms with van der Waals surface area (Å²) >= 11 is 1.65. The minimum atomic E-state index is 0.490. The number of aromatic nitrogens is 3. The summed E-state index contributed by atoms with van der Waals surface area (Å²) in [6.45, 7) is 11.0. The van der Waals surface area contributed by atoms with Gasteiger partial charge in [0.25, 0.3) is 0 Å². The van der Waals surface area contributed by atoms with Gasteiger partial charge in [-0.3, -0.25) is 4.99 Å². The summed E-state index contributed by atoms with van der Waals surface area (Å²) in [6, 6.07) is 7.98. The van der Waals surface area contributed by atoms with Crippen molar-refractivity contribution in [1.29, 1.82) is 0 Å². The van der Waals surface area contributed by atoms with Crippen LogP contribution in [0.15, 0.2) is 47.1 Å². The third-order valence-electron chi connectivity index (χ3n) is 4.39. The van der Waals surface area contributed by atoms with E-state index in [2.05, 4.69) is 50.8 Å². The first-order valence-corrected chi connectivity index (χ1v) is 11.5. The fraction of sp³-hybridized carbons (Fsp3) is 0.500. The summed E-state index contributed by atoms with van der Waals surface area (Å²) in [5.41, 5.74) is 1.08. The molecule has 8 heteroatoms. The first-order valence-electron chi connectivity index (χ1n) is 10.3. The van der Waals surface area contributed by atoms with Crippen molar-refractivity contribution in [2.75, 3.05) is 26.5 Å². The number of guanidine groups is 1. The van der Waals surface area contributed by atoms with Crippen LogP contribution in [0.4, 0.5) is 0 Å². The third kappa shape index (κ3) is 7.40. The zero-order valence-corrected chi connectivity index (χ0v) is 19.3. The second-order valence-corrected chi connectivity index (χ2v) is 8.04. The standard InChI is InChI=1S/C22H34N6OS/c1-6-14-29-19-11-8-7-10-18(19)15-25-21(23-4)24-13-9-12-20-26-27-22(30-5)28(20)16-17(2)3/h6-8,10-11,17H,1,9,12-16H2,2-5H3,(H2,23,24,25). The highest BCUT2D eigenvalue weighted by atomic mass is 32.2. The largest absolute Gasteiger partial charge is 0.489 e. The van der Waals surface area contributed by atoms with Gasteiger partial charge in [0.1, 0.15) is 18.2 Å². The monoisotopic (exact) mass is 430 g/mol. The van der Waals surface area contributed by atoms with E-state index < -0.39 is 0 Å². The van der Waals surface area contributed by atoms with Crippen molar-refractivity contribution in [2.45, 2.75) is 44.9 Å². The van der Waals surface area contributed by atoms with Gasteiger partial charge in [0.15, 0.2) is 11.1 Å². The molecule has 0 aliphatic carbocycles. The molecule has 0 saturated carbocycles. The molecule has 30 heavy (non-hydrogen) atoms. The molecule has 0 bridgehead atoms. The molecule has 2 aromatic rings. The molecule has 0 spiro atoms. The molecule has 0 saturated heterocycles. The van der Waals surface area contributed by atoms with Crippen LogP contribution in [0.1, 0.15) is 31.7 Å². The highest BCUT2D eigenvalue weighted by Gasteiger charge is 2.12. The maximum absolute atomic E-state index is 5.71. The molecule has 0 aliphatic rings. The van der Waals surface area contributed by atoms with Gasteiger partial charge in [-0.2, -0.15) is 0 Å². The number of hydrogen-bond acceptors (Lipinski definition) is 5. The van der Waals surface area contributed by atoms with Crippen LogP contribution in [-0.4, -0.2) is 47.2 Å². The smallest absolute Gasteiger partial charge is 0.191 e. The van der Waals surface area contributed by atoms with E-state index in [0.717, 1.165) is 54.2 Å². The summed E-state index contributed by atoms with van der Waals surface area (Å²) in [5, 5.41) is 16.4. The Hall–Kier alpha value is -2.48. The van der Waals surface area contributed by atoms with E-state index in [1.165, 1.54) is 0 Å². The Labute approximate surface area is 184 Å². The highest BCUT2D eigenvalue weighted by Crippen LogP contribution is 2.18. The number of aliphatic imine (C=N–C) groups is 1. The van der Waals surface area contributed by atoms with Gasteiger partial charge in [-0.1, -0.05) is 56.5 Å². The van der Waals surface area contributed by atoms with Crippen molar-refractivity contribution < 1.29 is 4.74 Å². The van der Waals surface area contributed by atoms with Crippen molar-refractivity contribution >= 4 is 17.7 Å². The molecule has 0 atom stereocenters. The molecule has 0 fully saturated rings. The molecule has 2 rings (SSSR count). The van der Waals surface area contributed by atoms with E-state index in [9.17, 15) is 0 Å². The van der Waals surface area contributed by atoms with Crippen LogP contribution in [0.3, 0.4) is 0 Å². The number of aryl methyl sites for hydroxylation is 1. The molecule has 164 valence electrons. The van der Waals surface area contributed by atoms with Gasteiger partial charge in [-0.15, -0.1) is 10.2 Å². The highest BCUT2D eigenvalue weighted by molar-refractivity contribution is 7.98. The van der Waals surface area contributed by atoms with E-state index in [-0.39, 0.29) is 0 Å². The fourth-order valence-corrected chi connectivity index (χ4v) is 3.52. The van der Waals surface area contributed by atoms with E-state index in [0.29, 0.717) is 19.1 Å². The van der Waals surface area contributed by atoms with Crippen molar-refractivity contribution in [3.63, 3.8) is 0 Å². The Morgan fingerprint density at radius 2 is 2.10 bits per heavy atom. The third-order valence-corrected chi connectivity index (χ3v) is 5.06. The predicted octanol–water partition coefficient (Wildman–Crippen LogP) is 3.52. The summed E-state index contributed by atoms with van der Waals surface area (Å²) in [4.78, 5) is 4.31. The molecular formula is C22H34N6OS. The number of para-hydroxylation sites is 1. The molecule has 2 N–H and O–H groups in total. The molecule has 1 heterocycles. The summed E-state index contributed by atoms with van der Waals surface area (Å²) in [6.07, 6.45) is 5.62. The van der Waals surface area contributed by atoms with Crippen LogP contribution >= 0.6 is 11.8 Å². The van der Waals surface area contributed by atoms with E-state index in [1.807, 2.05) is 30.5 Å². The van der Waals surface area contributed by atoms with Crippen molar-refractivity contribution in [3.8, 4) is 5.75 Å². The van der Waals surface area contributed by atoms with Gasteiger partial charge >= 0.3 is 0 Å². The number of hydrogen-bond donors (Lipinski definition) is 2. The molecule has 0 amide bonds. The molecule has 7 nitrogen and oxygen atoms in total. The average Bonchev–Trinajstić information content (AvgIpc) is 3.13. The van der Waals surface area contributed by atoms with E-state index >= 15 is 0 Å². The van der Waals surface area contributed by atoms with Crippen molar-refractivity contribution in [1.82, 2.24) is 25.4 Å². The molecule has 1 aromatic carbocycles. The first-order chi connectivity index (χ1) is 14.6. The Bertz CT molecular complexity index is 818. The number of rotatable bonds is 12. The normalized spacial score (nSPS) is 11.6. The van der Waals surface area contributed by atoms with Gasteiger partial charge in [-0.25, -0.2) is 0 Å². The van der Waals surface area contributed by atoms with Gasteiger partial charge in [-0.05, 0) is 24.7 Å². The number of thioether (sulfide) groups is 1. The van der Waals surface area contributed by atoms with Gasteiger partial charge in [0.05, 0.1) is 0 Å². The first kappa shape index (κ1) is 23.8. The molecule has 0 radical (unpaired) electrons. The van der Waals surface area contributed by atoms with Crippen LogP contribution in [0.25, 0.3) is 0 Å². The second kappa shape index (κ2) is 13.0. The van der Waals surface area contributed by atoms with Crippen molar-refractivity contribution in [2.24, 2.45) is 10.9 Å². The SMILES string of the molecule is C=CCOc1ccccc1CNC(=NC)NCCCc1nnc(SC)n1CC(C)C. The molecule has 0 aliphatic heterocycles. The number of benzene rings is 1. The minimum absolute atomic E-state index is 0.490. The van der Waals surface area contributed by atoms with E-state index in [4.69, 9.17) is 4.74 Å². The number of ether oxygens (including phenoxy) is 1. The van der Waals surface area contributed by atoms with Crippen LogP contribution in [0.5, 0.6) is 5.75 Å². The topological polar surface area (TPSA) is 76.4 Å². The average molecular weight is 431 g/mol. The lowest BCUT2D eigenvalue weighted by Crippen LogP contribution is -2.37. The summed E-state index contributed by atoms with van der Waals surface area (Å²) in [7, 11) is 1.78. The Morgan fingerprint density at radius 1 is 1.30 bits per heavy atom.